The van der Waals surface area contributed by atoms with Crippen molar-refractivity contribution in [2.45, 2.75) is 298 Å². The standard InChI is InChI=1S/C35H48F6O9.C18H28F3NO5.C16H20BrF3O4.CH3F/c1-18-9-11-24-20(3)33(35(39,40)41,46-28-31(24)22(18)13-16-30(5,45-28)48-49-31)42-17-7-6-8-21-25-12-10-19(2)23-14-15-29(4)44-27(32(23,25)50-47-29)43-26(21)34(36,37)38;1-10-4-5-13-11(2)17(18(19,20)21,23-9-8-22)25-14-16(13)12(10)6-7-15(3,24-14)26-27-16;1-8-3-4-11-9(7-17)12(16(18,19)20)21-13-15(11)10(8)5-6-14(2,22-13)23-24-15;1-2/h18-20,22-25,27-28H,6-17H2,1-5H3;10-14H,4-9,22H2,1-3H3;8,10-11,13H,3-7H2,1-2H3;1H3/t18-,19-,20-,22?,23?,24+,25+,27-,28+,29-,30+,31-,32-,33-;10-,11-,12?,13+,14+,15+,16-,17-;8-,10?,11+,13-,14+,15-;/m111./s1/i;;;1D. The van der Waals surface area contributed by atoms with Crippen molar-refractivity contribution in [1.29, 1.82) is 0 Å². The van der Waals surface area contributed by atoms with Crippen LogP contribution in [0.1, 0.15) is 193 Å². The molecule has 19 nitrogen and oxygen atoms in total. The van der Waals surface area contributed by atoms with Crippen LogP contribution in [-0.2, 0) is 86.5 Å². The van der Waals surface area contributed by atoms with Gasteiger partial charge in [-0.15, -0.1) is 0 Å². The number of fused-ring (bicyclic) bond motifs is 8. The highest BCUT2D eigenvalue weighted by atomic mass is 79.9. The van der Waals surface area contributed by atoms with Gasteiger partial charge in [-0.1, -0.05) is 57.5 Å². The molecule has 0 aromatic carbocycles. The van der Waals surface area contributed by atoms with Crippen molar-refractivity contribution in [1.82, 2.24) is 0 Å². The van der Waals surface area contributed by atoms with E-state index in [1.54, 1.807) is 27.7 Å². The van der Waals surface area contributed by atoms with E-state index in [-0.39, 0.29) is 90.3 Å². The number of halogens is 14. The number of alkyl halides is 14. The van der Waals surface area contributed by atoms with Gasteiger partial charge >= 0.3 is 24.7 Å². The van der Waals surface area contributed by atoms with Gasteiger partial charge in [-0.05, 0) is 171 Å². The molecule has 33 heteroatoms. The molecule has 0 radical (unpaired) electrons. The van der Waals surface area contributed by atoms with Crippen LogP contribution in [-0.4, -0.2) is 139 Å². The Morgan fingerprint density at radius 2 is 0.757 bits per heavy atom. The Hall–Kier alpha value is -2.03. The number of unbranched alkanes of at least 4 members (excludes halogenated alkanes) is 1. The number of ether oxygens (including phenoxy) is 10. The molecule has 8 bridgehead atoms. The molecule has 0 aromatic heterocycles. The molecule has 16 heterocycles. The minimum atomic E-state index is -4.94. The SMILES string of the molecule is C[C@@H]1CC[C@H]2C(CBr)=C(C(F)(F)F)O[C@@H]3O[C@]4(C)CCC1[C@]32OO4.C[C@@H]1CC[C@H]2C(CCCCO[C@@]3(C(F)(F)F)O[C@@H]4O[C@]5(C)CCC6[C@H](C)CC[C@@H]([C@H]3C)[C@]64OO5)=C(C(F)(F)F)O[C@@H]3O[C@@]4(C)CCC1[C@]32OO4.C[C@@H]1CC[C@H]2[C@@H](C)[C@](OCCN)(C(F)(F)F)O[C@@H]3O[C@]4(C)CCC1[C@]32OO4.[2H]CF. The highest BCUT2D eigenvalue weighted by Crippen LogP contribution is 2.69. The Morgan fingerprint density at radius 3 is 1.12 bits per heavy atom. The van der Waals surface area contributed by atoms with Crippen LogP contribution >= 0.6 is 15.9 Å². The predicted molar refractivity (Wildman–Crippen MR) is 333 cm³/mol. The summed E-state index contributed by atoms with van der Waals surface area (Å²) in [5, 5.41) is 0.0860. The minimum absolute atomic E-state index is 0.00577. The molecule has 2 N–H and O–H groups in total. The van der Waals surface area contributed by atoms with Gasteiger partial charge in [0.25, 0.3) is 11.6 Å². The van der Waals surface area contributed by atoms with E-state index < -0.39 is 168 Å². The fraction of sp³-hybridized carbons (Fsp3) is 0.943. The maximum absolute atomic E-state index is 15.2. The van der Waals surface area contributed by atoms with Gasteiger partial charge in [0.05, 0.1) is 21.7 Å². The number of hydrogen-bond acceptors (Lipinski definition) is 19. The van der Waals surface area contributed by atoms with Crippen LogP contribution in [0.5, 0.6) is 0 Å². The lowest BCUT2D eigenvalue weighted by Gasteiger charge is -2.62. The van der Waals surface area contributed by atoms with Crippen molar-refractivity contribution in [2.75, 3.05) is 32.2 Å². The summed E-state index contributed by atoms with van der Waals surface area (Å²) in [5.74, 6) is -16.3. The summed E-state index contributed by atoms with van der Waals surface area (Å²) in [6.45, 7) is 17.3. The van der Waals surface area contributed by atoms with E-state index in [1.165, 1.54) is 13.8 Å². The van der Waals surface area contributed by atoms with Crippen molar-refractivity contribution in [3.8, 4) is 0 Å². The summed E-state index contributed by atoms with van der Waals surface area (Å²) < 4.78 is 246. The highest BCUT2D eigenvalue weighted by molar-refractivity contribution is 9.09. The summed E-state index contributed by atoms with van der Waals surface area (Å²) in [4.78, 5) is 46.4. The van der Waals surface area contributed by atoms with Crippen LogP contribution in [0, 0.1) is 82.9 Å². The average Bonchev–Trinajstić information content (AvgIpc) is 1.24. The lowest BCUT2D eigenvalue weighted by atomic mass is 9.57. The van der Waals surface area contributed by atoms with Crippen LogP contribution in [0.25, 0.3) is 0 Å². The molecule has 4 saturated carbocycles. The first kappa shape index (κ1) is 77.7. The topological polar surface area (TPSA) is 192 Å². The maximum Gasteiger partial charge on any atom is 0.449 e. The lowest BCUT2D eigenvalue weighted by molar-refractivity contribution is -0.598. The van der Waals surface area contributed by atoms with Crippen LogP contribution in [0.4, 0.5) is 57.1 Å². The van der Waals surface area contributed by atoms with Gasteiger partial charge in [-0.2, -0.15) is 52.7 Å². The molecule has 20 rings (SSSR count). The fourth-order valence-electron chi connectivity index (χ4n) is 21.7. The third-order valence-corrected chi connectivity index (χ3v) is 27.5. The third kappa shape index (κ3) is 12.4. The Labute approximate surface area is 600 Å². The zero-order valence-electron chi connectivity index (χ0n) is 60.6. The summed E-state index contributed by atoms with van der Waals surface area (Å²) in [5.41, 5.74) is 1.12. The summed E-state index contributed by atoms with van der Waals surface area (Å²) in [6, 6.07) is 0. The molecule has 4 aliphatic carbocycles. The van der Waals surface area contributed by atoms with E-state index in [0.717, 1.165) is 25.7 Å². The number of allylic oxidation sites excluding steroid dienone is 2. The normalized spacial score (nSPS) is 50.0. The van der Waals surface area contributed by atoms with Crippen molar-refractivity contribution in [3.05, 3.63) is 22.7 Å². The number of hydrogen-bond donors (Lipinski definition) is 1. The summed E-state index contributed by atoms with van der Waals surface area (Å²) in [6.07, 6.45) is -14.1. The first-order valence-electron chi connectivity index (χ1n) is 37.3. The fourth-order valence-corrected chi connectivity index (χ4v) is 22.4. The Kier molecular flexibility index (Phi) is 20.7. The van der Waals surface area contributed by atoms with Gasteiger partial charge in [0, 0.05) is 84.9 Å². The Morgan fingerprint density at radius 1 is 0.427 bits per heavy atom. The van der Waals surface area contributed by atoms with Gasteiger partial charge in [-0.25, -0.2) is 39.1 Å². The van der Waals surface area contributed by atoms with Crippen molar-refractivity contribution in [2.24, 2.45) is 88.6 Å². The Balaban J connectivity index is 0.000000149. The van der Waals surface area contributed by atoms with Gasteiger partial charge in [0.2, 0.25) is 47.2 Å². The van der Waals surface area contributed by atoms with E-state index in [0.29, 0.717) is 83.0 Å². The van der Waals surface area contributed by atoms with E-state index in [9.17, 15) is 43.9 Å². The molecular weight excluding hydrogens is 1470 g/mol. The van der Waals surface area contributed by atoms with E-state index in [2.05, 4.69) is 43.6 Å². The largest absolute Gasteiger partial charge is 0.456 e. The minimum Gasteiger partial charge on any atom is -0.456 e. The smallest absolute Gasteiger partial charge is 0.449 e. The highest BCUT2D eigenvalue weighted by Gasteiger charge is 2.80. The van der Waals surface area contributed by atoms with Crippen LogP contribution in [0.2, 0.25) is 0 Å². The second kappa shape index (κ2) is 27.4. The first-order valence-corrected chi connectivity index (χ1v) is 37.7. The van der Waals surface area contributed by atoms with Crippen LogP contribution in [0.15, 0.2) is 22.7 Å². The second-order valence-electron chi connectivity index (χ2n) is 32.7. The molecule has 0 aromatic rings. The maximum atomic E-state index is 15.2. The first-order chi connectivity index (χ1) is 48.6. The van der Waals surface area contributed by atoms with Gasteiger partial charge in [-0.3, -0.25) is 4.39 Å². The number of nitrogens with two attached hydrogens (primary N) is 1. The summed E-state index contributed by atoms with van der Waals surface area (Å²) in [7, 11) is -1.00. The summed E-state index contributed by atoms with van der Waals surface area (Å²) >= 11 is 3.22. The number of rotatable bonds is 10. The van der Waals surface area contributed by atoms with Crippen molar-refractivity contribution in [3.63, 3.8) is 0 Å². The van der Waals surface area contributed by atoms with Crippen molar-refractivity contribution < 1.29 is 145 Å². The molecule has 4 unspecified atom stereocenters. The van der Waals surface area contributed by atoms with Gasteiger partial charge < -0.3 is 53.1 Å². The molecule has 590 valence electrons. The monoisotopic (exact) mass is 1570 g/mol. The van der Waals surface area contributed by atoms with Gasteiger partial charge in [0.1, 0.15) is 0 Å². The molecule has 103 heavy (non-hydrogen) atoms. The molecule has 0 amide bonds. The van der Waals surface area contributed by atoms with Crippen LogP contribution < -0.4 is 5.73 Å². The van der Waals surface area contributed by atoms with Crippen molar-refractivity contribution >= 4 is 15.9 Å². The molecule has 20 aliphatic rings. The molecule has 14 saturated heterocycles. The zero-order valence-corrected chi connectivity index (χ0v) is 61.2. The zero-order chi connectivity index (χ0) is 75.4. The van der Waals surface area contributed by atoms with Crippen LogP contribution in [0.3, 0.4) is 0 Å². The van der Waals surface area contributed by atoms with Gasteiger partial charge in [0.15, 0.2) is 35.0 Å². The Bertz CT molecular complexity index is 3180. The quantitative estimate of drug-likeness (QED) is 0.0939. The molecule has 4 spiro atoms. The molecule has 16 aliphatic heterocycles. The third-order valence-electron chi connectivity index (χ3n) is 26.9. The predicted octanol–water partition coefficient (Wildman–Crippen LogP) is 16.5. The van der Waals surface area contributed by atoms with E-state index in [4.69, 9.17) is 93.6 Å². The van der Waals surface area contributed by atoms with E-state index in [1.807, 2.05) is 0 Å². The lowest BCUT2D eigenvalue weighted by Crippen LogP contribution is -2.76. The average molecular weight is 1570 g/mol. The van der Waals surface area contributed by atoms with E-state index >= 15 is 13.2 Å². The molecule has 28 atom stereocenters. The molecule has 18 fully saturated rings. The molecular formula is C70H99BrF13NO18. The second-order valence-corrected chi connectivity index (χ2v) is 33.3.